The summed E-state index contributed by atoms with van der Waals surface area (Å²) in [6.07, 6.45) is 9.32. The molecule has 1 unspecified atom stereocenters. The molecule has 6 nitrogen and oxygen atoms in total. The first-order chi connectivity index (χ1) is 15.5. The number of fused-ring (bicyclic) bond motifs is 1. The molecule has 0 bridgehead atoms. The van der Waals surface area contributed by atoms with Crippen molar-refractivity contribution < 1.29 is 14.4 Å². The zero-order valence-corrected chi connectivity index (χ0v) is 19.4. The van der Waals surface area contributed by atoms with Crippen molar-refractivity contribution in [2.45, 2.75) is 70.8 Å². The molecule has 32 heavy (non-hydrogen) atoms. The first-order valence-electron chi connectivity index (χ1n) is 12.4. The van der Waals surface area contributed by atoms with Gasteiger partial charge in [-0.15, -0.1) is 0 Å². The van der Waals surface area contributed by atoms with Crippen LogP contribution in [0.1, 0.15) is 75.5 Å². The van der Waals surface area contributed by atoms with E-state index < -0.39 is 0 Å². The van der Waals surface area contributed by atoms with Crippen molar-refractivity contribution in [2.75, 3.05) is 32.7 Å². The third-order valence-corrected chi connectivity index (χ3v) is 7.66. The summed E-state index contributed by atoms with van der Waals surface area (Å²) in [6.45, 7) is 4.65. The van der Waals surface area contributed by atoms with Crippen molar-refractivity contribution in [3.05, 3.63) is 35.4 Å². The second-order valence-corrected chi connectivity index (χ2v) is 9.69. The predicted octanol–water partition coefficient (Wildman–Crippen LogP) is 3.55. The quantitative estimate of drug-likeness (QED) is 0.705. The van der Waals surface area contributed by atoms with Gasteiger partial charge in [-0.3, -0.25) is 14.4 Å². The summed E-state index contributed by atoms with van der Waals surface area (Å²) in [5, 5.41) is 0. The molecular weight excluding hydrogens is 402 g/mol. The van der Waals surface area contributed by atoms with E-state index in [-0.39, 0.29) is 23.8 Å². The van der Waals surface area contributed by atoms with Gasteiger partial charge in [-0.25, -0.2) is 0 Å². The van der Waals surface area contributed by atoms with Crippen LogP contribution in [0, 0.1) is 5.92 Å². The Labute approximate surface area is 191 Å². The number of nitrogens with zero attached hydrogens (tertiary/aromatic N) is 3. The molecule has 1 aromatic carbocycles. The number of carbonyl (C=O) groups excluding carboxylic acids is 3. The normalized spacial score (nSPS) is 21.9. The van der Waals surface area contributed by atoms with Crippen LogP contribution in [0.3, 0.4) is 0 Å². The predicted molar refractivity (Wildman–Crippen MR) is 124 cm³/mol. The zero-order chi connectivity index (χ0) is 22.5. The molecule has 0 aromatic heterocycles. The molecular formula is C26H37N3O3. The Morgan fingerprint density at radius 1 is 0.875 bits per heavy atom. The minimum absolute atomic E-state index is 0.0192. The molecule has 1 saturated carbocycles. The van der Waals surface area contributed by atoms with E-state index in [4.69, 9.17) is 0 Å². The average Bonchev–Trinajstić information content (AvgIpc) is 2.83. The maximum atomic E-state index is 13.1. The first-order valence-corrected chi connectivity index (χ1v) is 12.4. The number of hydrogen-bond donors (Lipinski definition) is 0. The molecule has 6 heteroatoms. The largest absolute Gasteiger partial charge is 0.339 e. The Morgan fingerprint density at radius 3 is 2.22 bits per heavy atom. The monoisotopic (exact) mass is 439 g/mol. The number of piperazine rings is 1. The lowest BCUT2D eigenvalue weighted by atomic mass is 9.86. The second-order valence-electron chi connectivity index (χ2n) is 9.69. The van der Waals surface area contributed by atoms with Gasteiger partial charge in [0.05, 0.1) is 12.5 Å². The van der Waals surface area contributed by atoms with Crippen LogP contribution in [0.25, 0.3) is 0 Å². The Kier molecular flexibility index (Phi) is 7.48. The summed E-state index contributed by atoms with van der Waals surface area (Å²) < 4.78 is 0. The van der Waals surface area contributed by atoms with Gasteiger partial charge in [0.25, 0.3) is 0 Å². The van der Waals surface area contributed by atoms with Gasteiger partial charge in [-0.1, -0.05) is 56.4 Å². The number of amides is 3. The molecule has 2 fully saturated rings. The van der Waals surface area contributed by atoms with E-state index in [0.717, 1.165) is 24.3 Å². The van der Waals surface area contributed by atoms with Crippen LogP contribution in [-0.2, 0) is 20.8 Å². The Morgan fingerprint density at radius 2 is 1.53 bits per heavy atom. The van der Waals surface area contributed by atoms with Gasteiger partial charge in [0.2, 0.25) is 17.7 Å². The van der Waals surface area contributed by atoms with Crippen molar-refractivity contribution in [2.24, 2.45) is 5.92 Å². The van der Waals surface area contributed by atoms with Gasteiger partial charge in [0.15, 0.2) is 0 Å². The van der Waals surface area contributed by atoms with Gasteiger partial charge in [0, 0.05) is 46.1 Å². The fourth-order valence-electron chi connectivity index (χ4n) is 5.71. The molecule has 0 radical (unpaired) electrons. The van der Waals surface area contributed by atoms with E-state index in [2.05, 4.69) is 6.07 Å². The maximum Gasteiger partial charge on any atom is 0.225 e. The molecule has 1 aliphatic carbocycles. The van der Waals surface area contributed by atoms with Gasteiger partial charge in [-0.2, -0.15) is 0 Å². The van der Waals surface area contributed by atoms with Crippen molar-refractivity contribution in [3.8, 4) is 0 Å². The smallest absolute Gasteiger partial charge is 0.225 e. The van der Waals surface area contributed by atoms with E-state index in [9.17, 15) is 14.4 Å². The number of benzene rings is 1. The second kappa shape index (κ2) is 10.5. The molecule has 4 rings (SSSR count). The minimum Gasteiger partial charge on any atom is -0.339 e. The van der Waals surface area contributed by atoms with E-state index >= 15 is 0 Å². The summed E-state index contributed by atoms with van der Waals surface area (Å²) in [7, 11) is 0. The standard InChI is InChI=1S/C26H37N3O3/c1-20(30)29-14-13-22-9-5-6-10-23(22)24(29)19-26(32)28-17-15-27(16-18-28)25(31)12-11-21-7-3-2-4-8-21/h5-6,9-10,21,24H,2-4,7-8,11-19H2,1H3. The summed E-state index contributed by atoms with van der Waals surface area (Å²) in [5.41, 5.74) is 2.33. The molecule has 2 aliphatic heterocycles. The van der Waals surface area contributed by atoms with Crippen molar-refractivity contribution >= 4 is 17.7 Å². The van der Waals surface area contributed by atoms with Gasteiger partial charge in [-0.05, 0) is 29.9 Å². The van der Waals surface area contributed by atoms with Crippen molar-refractivity contribution in [1.29, 1.82) is 0 Å². The highest BCUT2D eigenvalue weighted by molar-refractivity contribution is 5.80. The zero-order valence-electron chi connectivity index (χ0n) is 19.4. The molecule has 1 atom stereocenters. The van der Waals surface area contributed by atoms with Crippen LogP contribution in [0.5, 0.6) is 0 Å². The van der Waals surface area contributed by atoms with E-state index in [1.165, 1.54) is 37.7 Å². The van der Waals surface area contributed by atoms with E-state index in [0.29, 0.717) is 45.6 Å². The Balaban J connectivity index is 1.29. The molecule has 1 saturated heterocycles. The van der Waals surface area contributed by atoms with Crippen LogP contribution in [0.15, 0.2) is 24.3 Å². The highest BCUT2D eigenvalue weighted by atomic mass is 16.2. The van der Waals surface area contributed by atoms with Crippen LogP contribution in [-0.4, -0.2) is 65.1 Å². The average molecular weight is 440 g/mol. The van der Waals surface area contributed by atoms with Gasteiger partial charge in [0.1, 0.15) is 0 Å². The number of rotatable bonds is 5. The van der Waals surface area contributed by atoms with E-state index in [1.54, 1.807) is 6.92 Å². The Hall–Kier alpha value is -2.37. The lowest BCUT2D eigenvalue weighted by molar-refractivity contribution is -0.142. The molecule has 174 valence electrons. The van der Waals surface area contributed by atoms with Crippen LogP contribution < -0.4 is 0 Å². The molecule has 1 aromatic rings. The third-order valence-electron chi connectivity index (χ3n) is 7.66. The first kappa shape index (κ1) is 22.8. The fraction of sp³-hybridized carbons (Fsp3) is 0.654. The topological polar surface area (TPSA) is 60.9 Å². The summed E-state index contributed by atoms with van der Waals surface area (Å²) in [5.74, 6) is 1.06. The maximum absolute atomic E-state index is 13.1. The highest BCUT2D eigenvalue weighted by Crippen LogP contribution is 2.33. The molecule has 2 heterocycles. The summed E-state index contributed by atoms with van der Waals surface area (Å²) in [4.78, 5) is 43.7. The van der Waals surface area contributed by atoms with Crippen molar-refractivity contribution in [3.63, 3.8) is 0 Å². The highest BCUT2D eigenvalue weighted by Gasteiger charge is 2.33. The number of carbonyl (C=O) groups is 3. The lowest BCUT2D eigenvalue weighted by Gasteiger charge is -2.39. The lowest BCUT2D eigenvalue weighted by Crippen LogP contribution is -2.51. The van der Waals surface area contributed by atoms with Crippen molar-refractivity contribution in [1.82, 2.24) is 14.7 Å². The number of hydrogen-bond acceptors (Lipinski definition) is 3. The van der Waals surface area contributed by atoms with Gasteiger partial charge < -0.3 is 14.7 Å². The van der Waals surface area contributed by atoms with Crippen LogP contribution >= 0.6 is 0 Å². The van der Waals surface area contributed by atoms with E-state index in [1.807, 2.05) is 32.9 Å². The molecule has 3 amide bonds. The summed E-state index contributed by atoms with van der Waals surface area (Å²) in [6, 6.07) is 7.96. The summed E-state index contributed by atoms with van der Waals surface area (Å²) >= 11 is 0. The molecule has 3 aliphatic rings. The SMILES string of the molecule is CC(=O)N1CCc2ccccc2C1CC(=O)N1CCN(C(=O)CCC2CCCCC2)CC1. The molecule has 0 spiro atoms. The molecule has 0 N–H and O–H groups in total. The Bertz CT molecular complexity index is 825. The third kappa shape index (κ3) is 5.33. The minimum atomic E-state index is -0.194. The van der Waals surface area contributed by atoms with Crippen LogP contribution in [0.2, 0.25) is 0 Å². The van der Waals surface area contributed by atoms with Gasteiger partial charge >= 0.3 is 0 Å². The van der Waals surface area contributed by atoms with Crippen LogP contribution in [0.4, 0.5) is 0 Å². The fourth-order valence-corrected chi connectivity index (χ4v) is 5.71.